The number of aromatic nitrogens is 3. The first-order valence-corrected chi connectivity index (χ1v) is 7.86. The van der Waals surface area contributed by atoms with Crippen LogP contribution < -0.4 is 4.68 Å². The number of benzene rings is 2. The third-order valence-corrected chi connectivity index (χ3v) is 4.49. The second-order valence-corrected chi connectivity index (χ2v) is 6.20. The molecule has 2 heterocycles. The second-order valence-electron chi connectivity index (χ2n) is 6.20. The normalized spacial score (nSPS) is 15.8. The lowest BCUT2D eigenvalue weighted by Crippen LogP contribution is -2.42. The Hall–Kier alpha value is -2.87. The number of para-hydroxylation sites is 1. The van der Waals surface area contributed by atoms with Gasteiger partial charge in [-0.3, -0.25) is 0 Å². The van der Waals surface area contributed by atoms with Gasteiger partial charge in [-0.15, -0.1) is 0 Å². The summed E-state index contributed by atoms with van der Waals surface area (Å²) in [5, 5.41) is 15.0. The Kier molecular flexibility index (Phi) is 4.23. The summed E-state index contributed by atoms with van der Waals surface area (Å²) in [6, 6.07) is 12.3. The van der Waals surface area contributed by atoms with E-state index in [-0.39, 0.29) is 17.3 Å². The van der Waals surface area contributed by atoms with Crippen molar-refractivity contribution in [3.8, 4) is 17.3 Å². The zero-order valence-corrected chi connectivity index (χ0v) is 13.8. The maximum Gasteiger partial charge on any atom is 0.416 e. The number of alkyl halides is 3. The van der Waals surface area contributed by atoms with Gasteiger partial charge in [0, 0.05) is 11.5 Å². The van der Waals surface area contributed by atoms with Crippen molar-refractivity contribution in [2.45, 2.75) is 25.4 Å². The van der Waals surface area contributed by atoms with E-state index in [2.05, 4.69) is 5.21 Å². The molecule has 26 heavy (non-hydrogen) atoms. The van der Waals surface area contributed by atoms with Gasteiger partial charge in [0.05, 0.1) is 5.56 Å². The summed E-state index contributed by atoms with van der Waals surface area (Å²) < 4.78 is 41.1. The molecule has 0 amide bonds. The number of nitrogens with zero attached hydrogens (tertiary/aromatic N) is 3. The molecule has 0 saturated heterocycles. The van der Waals surface area contributed by atoms with Gasteiger partial charge in [0.2, 0.25) is 5.69 Å². The van der Waals surface area contributed by atoms with E-state index in [1.165, 1.54) is 16.8 Å². The average Bonchev–Trinajstić information content (AvgIpc) is 2.93. The molecule has 1 unspecified atom stereocenters. The van der Waals surface area contributed by atoms with Gasteiger partial charge in [-0.1, -0.05) is 34.5 Å². The average molecular weight is 363 g/mol. The molecule has 0 saturated carbocycles. The number of rotatable bonds is 1. The predicted molar refractivity (Wildman–Crippen MR) is 85.8 cm³/mol. The van der Waals surface area contributed by atoms with Gasteiger partial charge < -0.3 is 10.6 Å². The van der Waals surface area contributed by atoms with Gasteiger partial charge in [0.25, 0.3) is 0 Å². The third-order valence-electron chi connectivity index (χ3n) is 4.49. The van der Waals surface area contributed by atoms with E-state index in [1.807, 2.05) is 31.2 Å². The lowest BCUT2D eigenvalue weighted by Gasteiger charge is -2.16. The van der Waals surface area contributed by atoms with Gasteiger partial charge in [-0.05, 0) is 36.8 Å². The molecular formula is C18H16F3N3O2. The van der Waals surface area contributed by atoms with E-state index >= 15 is 0 Å². The monoisotopic (exact) mass is 363 g/mol. The minimum Gasteiger partial charge on any atom is -0.870 e. The van der Waals surface area contributed by atoms with Crippen LogP contribution in [0.15, 0.2) is 48.5 Å². The molecule has 1 atom stereocenters. The van der Waals surface area contributed by atoms with Crippen LogP contribution in [-0.4, -0.2) is 20.5 Å². The highest BCUT2D eigenvalue weighted by atomic mass is 19.4. The largest absolute Gasteiger partial charge is 0.870 e. The van der Waals surface area contributed by atoms with Crippen LogP contribution in [0.3, 0.4) is 0 Å². The van der Waals surface area contributed by atoms with E-state index in [1.54, 1.807) is 4.68 Å². The van der Waals surface area contributed by atoms with Crippen molar-refractivity contribution in [1.82, 2.24) is 9.90 Å². The molecule has 0 fully saturated rings. The first kappa shape index (κ1) is 17.9. The summed E-state index contributed by atoms with van der Waals surface area (Å²) in [6.45, 7) is 1.99. The topological polar surface area (TPSA) is 71.9 Å². The van der Waals surface area contributed by atoms with Crippen molar-refractivity contribution in [3.05, 3.63) is 65.4 Å². The number of halogens is 3. The quantitative estimate of drug-likeness (QED) is 0.674. The molecule has 1 aromatic heterocycles. The fourth-order valence-corrected chi connectivity index (χ4v) is 3.27. The fraction of sp³-hybridized carbons (Fsp3) is 0.222. The van der Waals surface area contributed by atoms with Crippen LogP contribution in [0.1, 0.15) is 29.7 Å². The molecule has 0 radical (unpaired) electrons. The van der Waals surface area contributed by atoms with Crippen LogP contribution in [0.2, 0.25) is 0 Å². The first-order valence-electron chi connectivity index (χ1n) is 7.86. The molecule has 2 N–H and O–H groups in total. The molecule has 8 heteroatoms. The van der Waals surface area contributed by atoms with Crippen molar-refractivity contribution >= 4 is 0 Å². The Labute approximate surface area is 147 Å². The summed E-state index contributed by atoms with van der Waals surface area (Å²) in [7, 11) is 0. The highest BCUT2D eigenvalue weighted by Gasteiger charge is 2.37. The van der Waals surface area contributed by atoms with Crippen molar-refractivity contribution in [2.75, 3.05) is 0 Å². The fourth-order valence-electron chi connectivity index (χ4n) is 3.27. The maximum atomic E-state index is 12.7. The third kappa shape index (κ3) is 2.72. The summed E-state index contributed by atoms with van der Waals surface area (Å²) in [4.78, 5) is 0. The molecule has 0 spiro atoms. The molecule has 5 nitrogen and oxygen atoms in total. The Morgan fingerprint density at radius 1 is 1.12 bits per heavy atom. The Morgan fingerprint density at radius 3 is 2.42 bits per heavy atom. The SMILES string of the molecule is CC1Cc2ccccc2-[n+]2nn(-c3ccc(C(F)(F)F)cc3)c(O)c21.[OH-]. The van der Waals surface area contributed by atoms with Crippen LogP contribution in [-0.2, 0) is 12.6 Å². The standard InChI is InChI=1S/C18H14F3N3O.H2O/c1-11-10-12-4-2-3-5-15(12)24-16(11)17(25)23(22-24)14-8-6-13(7-9-14)18(19,20)21;/h2-9,11H,10H2,1H3;1H2. The van der Waals surface area contributed by atoms with E-state index in [0.29, 0.717) is 11.4 Å². The van der Waals surface area contributed by atoms with Crippen molar-refractivity contribution in [1.29, 1.82) is 0 Å². The van der Waals surface area contributed by atoms with Crippen molar-refractivity contribution < 1.29 is 28.4 Å². The first-order chi connectivity index (χ1) is 11.9. The Morgan fingerprint density at radius 2 is 1.77 bits per heavy atom. The predicted octanol–water partition coefficient (Wildman–Crippen LogP) is 3.36. The highest BCUT2D eigenvalue weighted by molar-refractivity contribution is 5.42. The molecule has 2 aromatic carbocycles. The molecule has 1 aliphatic rings. The smallest absolute Gasteiger partial charge is 0.416 e. The zero-order chi connectivity index (χ0) is 17.8. The van der Waals surface area contributed by atoms with Crippen LogP contribution in [0.25, 0.3) is 11.4 Å². The Balaban J connectivity index is 0.00000196. The van der Waals surface area contributed by atoms with E-state index in [4.69, 9.17) is 0 Å². The number of aromatic hydroxyl groups is 1. The van der Waals surface area contributed by atoms with E-state index in [9.17, 15) is 18.3 Å². The van der Waals surface area contributed by atoms with Crippen LogP contribution in [0.4, 0.5) is 13.2 Å². The van der Waals surface area contributed by atoms with Gasteiger partial charge in [0.15, 0.2) is 11.4 Å². The Bertz CT molecular complexity index is 949. The highest BCUT2D eigenvalue weighted by Crippen LogP contribution is 2.34. The number of fused-ring (bicyclic) bond motifs is 3. The van der Waals surface area contributed by atoms with Crippen molar-refractivity contribution in [3.63, 3.8) is 0 Å². The molecule has 1 aliphatic heterocycles. The van der Waals surface area contributed by atoms with Gasteiger partial charge in [-0.25, -0.2) is 0 Å². The van der Waals surface area contributed by atoms with E-state index < -0.39 is 11.7 Å². The van der Waals surface area contributed by atoms with Crippen molar-refractivity contribution in [2.24, 2.45) is 0 Å². The summed E-state index contributed by atoms with van der Waals surface area (Å²) >= 11 is 0. The second kappa shape index (κ2) is 6.14. The molecule has 136 valence electrons. The van der Waals surface area contributed by atoms with E-state index in [0.717, 1.165) is 29.8 Å². The maximum absolute atomic E-state index is 12.7. The summed E-state index contributed by atoms with van der Waals surface area (Å²) in [6.07, 6.45) is -3.63. The van der Waals surface area contributed by atoms with Crippen LogP contribution in [0, 0.1) is 0 Å². The lowest BCUT2D eigenvalue weighted by molar-refractivity contribution is -0.672. The molecule has 4 rings (SSSR count). The zero-order valence-electron chi connectivity index (χ0n) is 13.8. The van der Waals surface area contributed by atoms with Gasteiger partial charge >= 0.3 is 12.1 Å². The lowest BCUT2D eigenvalue weighted by atomic mass is 9.93. The minimum absolute atomic E-state index is 0. The van der Waals surface area contributed by atoms with Crippen LogP contribution in [0.5, 0.6) is 5.88 Å². The molecule has 3 aromatic rings. The summed E-state index contributed by atoms with van der Waals surface area (Å²) in [5.74, 6) is -0.0140. The van der Waals surface area contributed by atoms with Gasteiger partial charge in [0.1, 0.15) is 5.21 Å². The van der Waals surface area contributed by atoms with Gasteiger partial charge in [-0.2, -0.15) is 13.2 Å². The minimum atomic E-state index is -4.40. The molecular weight excluding hydrogens is 347 g/mol. The molecule has 0 bridgehead atoms. The molecule has 0 aliphatic carbocycles. The summed E-state index contributed by atoms with van der Waals surface area (Å²) in [5.41, 5.74) is 2.27. The van der Waals surface area contributed by atoms with Crippen LogP contribution >= 0.6 is 0 Å². The number of hydrogen-bond acceptors (Lipinski definition) is 3. The number of hydrogen-bond donors (Lipinski definition) is 1.